The molecule has 0 radical (unpaired) electrons. The van der Waals surface area contributed by atoms with Crippen molar-refractivity contribution in [3.8, 4) is 0 Å². The molecule has 2 atom stereocenters. The minimum absolute atomic E-state index is 0.218. The Labute approximate surface area is 114 Å². The van der Waals surface area contributed by atoms with Gasteiger partial charge < -0.3 is 11.1 Å². The van der Waals surface area contributed by atoms with Gasteiger partial charge in [-0.25, -0.2) is 0 Å². The maximum atomic E-state index is 6.10. The van der Waals surface area contributed by atoms with Crippen molar-refractivity contribution in [2.24, 2.45) is 17.6 Å². The molecule has 3 rings (SSSR count). The van der Waals surface area contributed by atoms with E-state index >= 15 is 0 Å². The molecule has 1 aromatic rings. The van der Waals surface area contributed by atoms with Crippen LogP contribution >= 0.6 is 11.3 Å². The van der Waals surface area contributed by atoms with Crippen molar-refractivity contribution in [1.29, 1.82) is 0 Å². The van der Waals surface area contributed by atoms with Gasteiger partial charge in [0.2, 0.25) is 0 Å². The smallest absolute Gasteiger partial charge is 0.0310 e. The lowest BCUT2D eigenvalue weighted by atomic mass is 9.73. The van der Waals surface area contributed by atoms with Gasteiger partial charge in [0.15, 0.2) is 0 Å². The van der Waals surface area contributed by atoms with E-state index in [0.717, 1.165) is 24.9 Å². The third-order valence-electron chi connectivity index (χ3n) is 4.78. The Morgan fingerprint density at radius 1 is 1.33 bits per heavy atom. The molecule has 0 bridgehead atoms. The zero-order valence-corrected chi connectivity index (χ0v) is 11.8. The van der Waals surface area contributed by atoms with Gasteiger partial charge in [-0.15, -0.1) is 11.3 Å². The van der Waals surface area contributed by atoms with Crippen LogP contribution in [0.25, 0.3) is 0 Å². The Hall–Kier alpha value is -0.380. The van der Waals surface area contributed by atoms with Gasteiger partial charge in [-0.2, -0.15) is 0 Å². The summed E-state index contributed by atoms with van der Waals surface area (Å²) in [5, 5.41) is 5.94. The highest BCUT2D eigenvalue weighted by Gasteiger charge is 2.41. The number of nitrogens with two attached hydrogens (primary N) is 1. The predicted molar refractivity (Wildman–Crippen MR) is 77.6 cm³/mol. The van der Waals surface area contributed by atoms with Crippen LogP contribution in [-0.4, -0.2) is 12.1 Å². The highest BCUT2D eigenvalue weighted by atomic mass is 32.1. The quantitative estimate of drug-likeness (QED) is 0.857. The number of nitrogens with one attached hydrogen (secondary N) is 1. The molecule has 0 aromatic carbocycles. The average Bonchev–Trinajstić information content (AvgIpc) is 3.14. The molecule has 2 aliphatic carbocycles. The van der Waals surface area contributed by atoms with E-state index in [2.05, 4.69) is 22.8 Å². The number of rotatable bonds is 5. The second-order valence-corrected chi connectivity index (χ2v) is 7.14. The van der Waals surface area contributed by atoms with E-state index < -0.39 is 0 Å². The Kier molecular flexibility index (Phi) is 3.73. The number of thiophene rings is 1. The van der Waals surface area contributed by atoms with E-state index in [1.165, 1.54) is 43.4 Å². The standard InChI is InChI=1S/C15H24N2S/c16-11-15(17-10-14-4-2-8-18-14)7-1-3-13(9-15)12-5-6-12/h2,4,8,12-13,17H,1,3,5-7,9-11,16H2. The zero-order chi connectivity index (χ0) is 12.4. The third kappa shape index (κ3) is 2.79. The van der Waals surface area contributed by atoms with Crippen molar-refractivity contribution in [2.45, 2.75) is 50.6 Å². The summed E-state index contributed by atoms with van der Waals surface area (Å²) in [5.41, 5.74) is 6.32. The molecule has 0 aliphatic heterocycles. The van der Waals surface area contributed by atoms with Gasteiger partial charge in [-0.1, -0.05) is 18.9 Å². The maximum absolute atomic E-state index is 6.10. The molecule has 1 aromatic heterocycles. The van der Waals surface area contributed by atoms with Gasteiger partial charge in [-0.05, 0) is 49.0 Å². The monoisotopic (exact) mass is 264 g/mol. The lowest BCUT2D eigenvalue weighted by Gasteiger charge is -2.41. The van der Waals surface area contributed by atoms with Crippen molar-refractivity contribution in [1.82, 2.24) is 5.32 Å². The topological polar surface area (TPSA) is 38.0 Å². The minimum atomic E-state index is 0.218. The van der Waals surface area contributed by atoms with Gasteiger partial charge in [0.05, 0.1) is 0 Å². The predicted octanol–water partition coefficient (Wildman–Crippen LogP) is 3.14. The second-order valence-electron chi connectivity index (χ2n) is 6.11. The first kappa shape index (κ1) is 12.6. The first-order chi connectivity index (χ1) is 8.81. The number of hydrogen-bond donors (Lipinski definition) is 2. The van der Waals surface area contributed by atoms with Crippen molar-refractivity contribution in [2.75, 3.05) is 6.54 Å². The van der Waals surface area contributed by atoms with Gasteiger partial charge in [0.25, 0.3) is 0 Å². The summed E-state index contributed by atoms with van der Waals surface area (Å²) in [4.78, 5) is 1.43. The van der Waals surface area contributed by atoms with Crippen LogP contribution in [0.1, 0.15) is 43.4 Å². The van der Waals surface area contributed by atoms with Crippen molar-refractivity contribution >= 4 is 11.3 Å². The van der Waals surface area contributed by atoms with Crippen LogP contribution in [0.15, 0.2) is 17.5 Å². The van der Waals surface area contributed by atoms with E-state index in [0.29, 0.717) is 0 Å². The molecule has 2 fully saturated rings. The average molecular weight is 264 g/mol. The molecule has 3 N–H and O–H groups in total. The van der Waals surface area contributed by atoms with Crippen LogP contribution in [0.3, 0.4) is 0 Å². The van der Waals surface area contributed by atoms with E-state index in [1.54, 1.807) is 0 Å². The van der Waals surface area contributed by atoms with Crippen LogP contribution in [0.5, 0.6) is 0 Å². The lowest BCUT2D eigenvalue weighted by molar-refractivity contribution is 0.169. The maximum Gasteiger partial charge on any atom is 0.0310 e. The molecule has 2 saturated carbocycles. The molecule has 0 saturated heterocycles. The highest BCUT2D eigenvalue weighted by molar-refractivity contribution is 7.09. The van der Waals surface area contributed by atoms with Crippen molar-refractivity contribution < 1.29 is 0 Å². The Morgan fingerprint density at radius 2 is 2.22 bits per heavy atom. The highest BCUT2D eigenvalue weighted by Crippen LogP contribution is 2.46. The molecule has 2 unspecified atom stereocenters. The molecule has 0 spiro atoms. The van der Waals surface area contributed by atoms with E-state index in [-0.39, 0.29) is 5.54 Å². The largest absolute Gasteiger partial charge is 0.329 e. The molecule has 18 heavy (non-hydrogen) atoms. The molecule has 0 amide bonds. The fourth-order valence-electron chi connectivity index (χ4n) is 3.48. The van der Waals surface area contributed by atoms with Gasteiger partial charge >= 0.3 is 0 Å². The van der Waals surface area contributed by atoms with Crippen LogP contribution in [0, 0.1) is 11.8 Å². The van der Waals surface area contributed by atoms with Gasteiger partial charge in [0, 0.05) is 23.5 Å². The zero-order valence-electron chi connectivity index (χ0n) is 11.0. The summed E-state index contributed by atoms with van der Waals surface area (Å²) >= 11 is 1.84. The molecular weight excluding hydrogens is 240 g/mol. The van der Waals surface area contributed by atoms with Gasteiger partial charge in [0.1, 0.15) is 0 Å². The molecule has 2 nitrogen and oxygen atoms in total. The summed E-state index contributed by atoms with van der Waals surface area (Å²) in [6, 6.07) is 4.34. The second kappa shape index (κ2) is 5.32. The van der Waals surface area contributed by atoms with Crippen molar-refractivity contribution in [3.05, 3.63) is 22.4 Å². The summed E-state index contributed by atoms with van der Waals surface area (Å²) in [6.07, 6.45) is 8.30. The SMILES string of the molecule is NCC1(NCc2cccs2)CCCC(C2CC2)C1. The van der Waals surface area contributed by atoms with Crippen LogP contribution < -0.4 is 11.1 Å². The molecule has 1 heterocycles. The fourth-order valence-corrected chi connectivity index (χ4v) is 4.13. The minimum Gasteiger partial charge on any atom is -0.329 e. The van der Waals surface area contributed by atoms with Crippen LogP contribution in [0.2, 0.25) is 0 Å². The van der Waals surface area contributed by atoms with E-state index in [9.17, 15) is 0 Å². The number of hydrogen-bond acceptors (Lipinski definition) is 3. The summed E-state index contributed by atoms with van der Waals surface area (Å²) in [5.74, 6) is 1.97. The first-order valence-electron chi connectivity index (χ1n) is 7.29. The fraction of sp³-hybridized carbons (Fsp3) is 0.733. The summed E-state index contributed by atoms with van der Waals surface area (Å²) < 4.78 is 0. The molecular formula is C15H24N2S. The lowest BCUT2D eigenvalue weighted by Crippen LogP contribution is -2.53. The third-order valence-corrected chi connectivity index (χ3v) is 5.66. The van der Waals surface area contributed by atoms with Gasteiger partial charge in [-0.3, -0.25) is 0 Å². The summed E-state index contributed by atoms with van der Waals surface area (Å²) in [6.45, 7) is 1.79. The molecule has 2 aliphatic rings. The van der Waals surface area contributed by atoms with Crippen molar-refractivity contribution in [3.63, 3.8) is 0 Å². The molecule has 3 heteroatoms. The molecule has 100 valence electrons. The summed E-state index contributed by atoms with van der Waals surface area (Å²) in [7, 11) is 0. The Balaban J connectivity index is 1.61. The Morgan fingerprint density at radius 3 is 2.89 bits per heavy atom. The van der Waals surface area contributed by atoms with E-state index in [4.69, 9.17) is 5.73 Å². The van der Waals surface area contributed by atoms with E-state index in [1.807, 2.05) is 11.3 Å². The van der Waals surface area contributed by atoms with Crippen LogP contribution in [0.4, 0.5) is 0 Å². The normalized spacial score (nSPS) is 32.6. The Bertz CT molecular complexity index is 372. The van der Waals surface area contributed by atoms with Crippen LogP contribution in [-0.2, 0) is 6.54 Å². The first-order valence-corrected chi connectivity index (χ1v) is 8.17.